The van der Waals surface area contributed by atoms with Crippen molar-refractivity contribution in [1.82, 2.24) is 0 Å². The molecule has 3 saturated carbocycles. The maximum absolute atomic E-state index is 12.0. The molecule has 4 aromatic rings. The molecule has 0 aromatic heterocycles. The van der Waals surface area contributed by atoms with E-state index in [1.54, 1.807) is 0 Å². The molecule has 4 aromatic carbocycles. The zero-order chi connectivity index (χ0) is 43.6. The van der Waals surface area contributed by atoms with Gasteiger partial charge in [0.2, 0.25) is 0 Å². The molecule has 0 bridgehead atoms. The normalized spacial score (nSPS) is 22.5. The summed E-state index contributed by atoms with van der Waals surface area (Å²) in [6.45, 7) is 21.6. The Bertz CT molecular complexity index is 1930. The molecule has 2 unspecified atom stereocenters. The van der Waals surface area contributed by atoms with Gasteiger partial charge in [-0.2, -0.15) is 49.2 Å². The van der Waals surface area contributed by atoms with E-state index >= 15 is 0 Å². The van der Waals surface area contributed by atoms with Crippen molar-refractivity contribution in [1.29, 1.82) is 0 Å². The van der Waals surface area contributed by atoms with Crippen LogP contribution >= 0.6 is 14.2 Å². The SMILES string of the molecule is CC(C)(C)c1cc(C[S]2=[Zr]=[S@@](Cc3cc(C(C)(C)C)cc(C4CCCCC4)c3O)C3CCCCCC[C@@H]32)c(O)c(C2CCCCC2)c1.[CH2-]c1ccccc1.[CH2-]c1ccccc1. The first-order valence-electron chi connectivity index (χ1n) is 23.8. The first kappa shape index (κ1) is 48.3. The number of aromatic hydroxyl groups is 2. The number of fused-ring (bicyclic) bond motifs is 1. The van der Waals surface area contributed by atoms with Crippen molar-refractivity contribution in [2.45, 2.75) is 189 Å². The maximum Gasteiger partial charge on any atom is -0.0866 e. The van der Waals surface area contributed by atoms with Crippen LogP contribution in [0.1, 0.15) is 201 Å². The second-order valence-corrected chi connectivity index (χ2v) is 36.2. The molecule has 0 saturated heterocycles. The van der Waals surface area contributed by atoms with Crippen LogP contribution in [0.5, 0.6) is 11.5 Å². The van der Waals surface area contributed by atoms with Crippen LogP contribution in [0.4, 0.5) is 0 Å². The zero-order valence-electron chi connectivity index (χ0n) is 38.7. The average Bonchev–Trinajstić information content (AvgIpc) is 3.53. The number of rotatable bonds is 6. The number of benzene rings is 4. The van der Waals surface area contributed by atoms with Gasteiger partial charge in [0.15, 0.2) is 0 Å². The molecule has 332 valence electrons. The summed E-state index contributed by atoms with van der Waals surface area (Å²) in [6, 6.07) is 29.4. The Morgan fingerprint density at radius 2 is 0.820 bits per heavy atom. The maximum atomic E-state index is 12.0. The van der Waals surface area contributed by atoms with Gasteiger partial charge in [0.05, 0.1) is 0 Å². The summed E-state index contributed by atoms with van der Waals surface area (Å²) in [6.07, 6.45) is 21.2. The largest absolute Gasteiger partial charge is 0.199 e. The van der Waals surface area contributed by atoms with E-state index in [1.165, 1.54) is 136 Å². The van der Waals surface area contributed by atoms with Crippen molar-refractivity contribution >= 4 is 14.2 Å². The van der Waals surface area contributed by atoms with Crippen molar-refractivity contribution < 1.29 is 29.4 Å². The summed E-state index contributed by atoms with van der Waals surface area (Å²) < 4.78 is 0. The summed E-state index contributed by atoms with van der Waals surface area (Å²) in [5, 5.41) is 25.6. The molecule has 0 spiro atoms. The molecule has 1 aliphatic heterocycles. The Morgan fingerprint density at radius 3 is 1.13 bits per heavy atom. The first-order chi connectivity index (χ1) is 29.2. The third-order valence-electron chi connectivity index (χ3n) is 13.7. The minimum absolute atomic E-state index is 0.0866. The van der Waals surface area contributed by atoms with Gasteiger partial charge < -0.3 is 0 Å². The van der Waals surface area contributed by atoms with Gasteiger partial charge in [-0.15, -0.1) is 24.3 Å². The summed E-state index contributed by atoms with van der Waals surface area (Å²) in [5.74, 6) is 4.62. The minimum atomic E-state index is -0.760. The van der Waals surface area contributed by atoms with E-state index in [-0.39, 0.29) is 10.8 Å². The van der Waals surface area contributed by atoms with Gasteiger partial charge >= 0.3 is 302 Å². The topological polar surface area (TPSA) is 40.5 Å². The Balaban J connectivity index is 0.000000375. The van der Waals surface area contributed by atoms with Crippen LogP contribution in [0.25, 0.3) is 0 Å². The van der Waals surface area contributed by atoms with Crippen LogP contribution in [-0.4, -0.2) is 20.7 Å². The van der Waals surface area contributed by atoms with E-state index in [0.29, 0.717) is 37.6 Å². The monoisotopic (exact) mass is 936 g/mol. The second kappa shape index (κ2) is 22.6. The van der Waals surface area contributed by atoms with E-state index < -0.39 is 19.2 Å². The van der Waals surface area contributed by atoms with E-state index in [4.69, 9.17) is 0 Å². The first-order valence-corrected chi connectivity index (χ1v) is 32.7. The van der Waals surface area contributed by atoms with E-state index in [2.05, 4.69) is 79.7 Å². The number of phenolic OH excluding ortho intramolecular Hbond substituents is 2. The zero-order valence-corrected chi connectivity index (χ0v) is 42.8. The molecule has 4 aliphatic rings. The van der Waals surface area contributed by atoms with Crippen LogP contribution in [0.3, 0.4) is 0 Å². The molecule has 1 heterocycles. The van der Waals surface area contributed by atoms with Gasteiger partial charge in [0.25, 0.3) is 0 Å². The fourth-order valence-electron chi connectivity index (χ4n) is 9.87. The fraction of sp³-hybridized carbons (Fsp3) is 0.536. The smallest absolute Gasteiger partial charge is 0.0866 e. The Labute approximate surface area is 384 Å². The molecule has 8 rings (SSSR count). The van der Waals surface area contributed by atoms with Crippen molar-refractivity contribution in [3.63, 3.8) is 0 Å². The molecule has 5 heteroatoms. The minimum Gasteiger partial charge on any atom is -0.199 e. The van der Waals surface area contributed by atoms with Crippen LogP contribution in [0.15, 0.2) is 84.9 Å². The summed E-state index contributed by atoms with van der Waals surface area (Å²) in [7, 11) is 0.852. The summed E-state index contributed by atoms with van der Waals surface area (Å²) in [4.78, 5) is 0. The van der Waals surface area contributed by atoms with Crippen molar-refractivity contribution in [2.75, 3.05) is 0 Å². The standard InChI is InChI=1S/C42H64O2S2.2C7H7.Zr/c1-41(2,3)33-23-31(39(43)35(25-33)29-17-11-9-12-18-29)27-45-37-21-15-7-8-16-22-38(37)46-28-32-24-34(42(4,5)6)26-36(40(32)44)30-19-13-10-14-20-30;2*1-7-5-3-2-4-6-7;/h23-26,29-30,37-38,43-44H,7-22,27-28H2,1-6H3;2*2-6H,1H2;/q;2*-1;/t37-,38?;;;/m0.../s1. The molecule has 0 radical (unpaired) electrons. The van der Waals surface area contributed by atoms with E-state index in [1.807, 2.05) is 60.7 Å². The fourth-order valence-corrected chi connectivity index (χ4v) is 38.7. The van der Waals surface area contributed by atoms with Crippen molar-refractivity contribution in [3.05, 3.63) is 143 Å². The molecule has 61 heavy (non-hydrogen) atoms. The Kier molecular flexibility index (Phi) is 17.9. The third kappa shape index (κ3) is 13.7. The second-order valence-electron chi connectivity index (χ2n) is 20.6. The van der Waals surface area contributed by atoms with Gasteiger partial charge in [-0.1, -0.05) is 12.1 Å². The van der Waals surface area contributed by atoms with Gasteiger partial charge in [0, 0.05) is 0 Å². The number of phenols is 2. The van der Waals surface area contributed by atoms with Crippen LogP contribution in [0, 0.1) is 13.8 Å². The third-order valence-corrected chi connectivity index (χ3v) is 35.4. The van der Waals surface area contributed by atoms with E-state index in [9.17, 15) is 10.2 Å². The van der Waals surface area contributed by atoms with Crippen molar-refractivity contribution in [2.24, 2.45) is 0 Å². The van der Waals surface area contributed by atoms with Gasteiger partial charge in [-0.3, -0.25) is 0 Å². The van der Waals surface area contributed by atoms with Crippen LogP contribution in [-0.2, 0) is 41.5 Å². The van der Waals surface area contributed by atoms with Gasteiger partial charge in [0.1, 0.15) is 0 Å². The predicted octanol–water partition coefficient (Wildman–Crippen LogP) is 16.8. The van der Waals surface area contributed by atoms with E-state index in [0.717, 1.165) is 33.1 Å². The number of hydrogen-bond donors (Lipinski definition) is 2. The summed E-state index contributed by atoms with van der Waals surface area (Å²) in [5.41, 5.74) is 10.3. The summed E-state index contributed by atoms with van der Waals surface area (Å²) >= 11 is -0.760. The number of hydrogen-bond acceptors (Lipinski definition) is 2. The molecular formula is C56H78O2S2Zr-2. The molecule has 2 N–H and O–H groups in total. The Hall–Kier alpha value is -2.20. The van der Waals surface area contributed by atoms with Gasteiger partial charge in [-0.25, -0.2) is 0 Å². The molecule has 3 aliphatic carbocycles. The van der Waals surface area contributed by atoms with Gasteiger partial charge in [-0.05, 0) is 0 Å². The molecule has 2 nitrogen and oxygen atoms in total. The quantitative estimate of drug-likeness (QED) is 0.189. The molecule has 0 amide bonds. The Morgan fingerprint density at radius 1 is 0.492 bits per heavy atom. The van der Waals surface area contributed by atoms with Crippen LogP contribution < -0.4 is 0 Å². The average molecular weight is 939 g/mol. The predicted molar refractivity (Wildman–Crippen MR) is 265 cm³/mol. The molecule has 3 fully saturated rings. The van der Waals surface area contributed by atoms with Crippen LogP contribution in [0.2, 0.25) is 0 Å². The van der Waals surface area contributed by atoms with Crippen molar-refractivity contribution in [3.8, 4) is 11.5 Å². The molecule has 4 atom stereocenters. The molecular weight excluding hydrogens is 860 g/mol.